The summed E-state index contributed by atoms with van der Waals surface area (Å²) in [4.78, 5) is 10.3. The highest BCUT2D eigenvalue weighted by molar-refractivity contribution is 7.89. The standard InChI is InChI=1S/C10H12ClN3O4S2/c11-8-5-6(1-2-7(8)9(12)19)20(16,17)14-3-4-18-10(13)15/h1-2,5,14H,3-4H2,(H2,12,19)(H2,13,15). The largest absolute Gasteiger partial charge is 0.448 e. The van der Waals surface area contributed by atoms with Crippen LogP contribution in [0.1, 0.15) is 5.56 Å². The lowest BCUT2D eigenvalue weighted by atomic mass is 10.2. The Bertz CT molecular complexity index is 633. The van der Waals surface area contributed by atoms with Gasteiger partial charge in [-0.1, -0.05) is 23.8 Å². The smallest absolute Gasteiger partial charge is 0.404 e. The van der Waals surface area contributed by atoms with E-state index < -0.39 is 16.1 Å². The number of sulfonamides is 1. The average molecular weight is 338 g/mol. The van der Waals surface area contributed by atoms with Gasteiger partial charge < -0.3 is 16.2 Å². The molecule has 0 aromatic heterocycles. The molecule has 1 aromatic carbocycles. The number of nitrogens with one attached hydrogen (secondary N) is 1. The van der Waals surface area contributed by atoms with Gasteiger partial charge in [0.15, 0.2) is 0 Å². The molecule has 0 unspecified atom stereocenters. The molecule has 0 bridgehead atoms. The predicted molar refractivity (Wildman–Crippen MR) is 78.1 cm³/mol. The summed E-state index contributed by atoms with van der Waals surface area (Å²) in [5.41, 5.74) is 10.5. The fraction of sp³-hybridized carbons (Fsp3) is 0.200. The zero-order valence-corrected chi connectivity index (χ0v) is 12.5. The number of carbonyl (C=O) groups is 1. The highest BCUT2D eigenvalue weighted by Gasteiger charge is 2.16. The molecular weight excluding hydrogens is 326 g/mol. The fourth-order valence-electron chi connectivity index (χ4n) is 1.27. The molecule has 1 rings (SSSR count). The average Bonchev–Trinajstić information content (AvgIpc) is 2.34. The molecule has 0 fully saturated rings. The van der Waals surface area contributed by atoms with Crippen molar-refractivity contribution in [1.29, 1.82) is 0 Å². The van der Waals surface area contributed by atoms with E-state index in [9.17, 15) is 13.2 Å². The molecule has 110 valence electrons. The Balaban J connectivity index is 2.80. The minimum Gasteiger partial charge on any atom is -0.448 e. The maximum Gasteiger partial charge on any atom is 0.404 e. The van der Waals surface area contributed by atoms with Gasteiger partial charge >= 0.3 is 6.09 Å². The summed E-state index contributed by atoms with van der Waals surface area (Å²) in [5, 5.41) is 0.133. The van der Waals surface area contributed by atoms with Gasteiger partial charge in [0, 0.05) is 12.1 Å². The van der Waals surface area contributed by atoms with E-state index in [0.717, 1.165) is 0 Å². The molecule has 5 N–H and O–H groups in total. The van der Waals surface area contributed by atoms with Crippen molar-refractivity contribution in [3.05, 3.63) is 28.8 Å². The van der Waals surface area contributed by atoms with Crippen molar-refractivity contribution in [3.8, 4) is 0 Å². The molecule has 0 atom stereocenters. The number of rotatable bonds is 6. The van der Waals surface area contributed by atoms with Crippen LogP contribution in [0.5, 0.6) is 0 Å². The molecule has 0 spiro atoms. The monoisotopic (exact) mass is 337 g/mol. The van der Waals surface area contributed by atoms with E-state index in [1.165, 1.54) is 18.2 Å². The molecule has 0 heterocycles. The van der Waals surface area contributed by atoms with E-state index in [0.29, 0.717) is 5.56 Å². The SMILES string of the molecule is NC(=O)OCCNS(=O)(=O)c1ccc(C(N)=S)c(Cl)c1. The third-order valence-corrected chi connectivity index (χ3v) is 4.15. The van der Waals surface area contributed by atoms with Gasteiger partial charge in [-0.25, -0.2) is 17.9 Å². The number of nitrogens with two attached hydrogens (primary N) is 2. The molecule has 0 aliphatic rings. The summed E-state index contributed by atoms with van der Waals surface area (Å²) in [5.74, 6) is 0. The number of hydrogen-bond acceptors (Lipinski definition) is 5. The first-order chi connectivity index (χ1) is 9.24. The second-order valence-corrected chi connectivity index (χ2v) is 6.19. The van der Waals surface area contributed by atoms with Crippen LogP contribution in [-0.2, 0) is 14.8 Å². The minimum absolute atomic E-state index is 0.0541. The van der Waals surface area contributed by atoms with Crippen molar-refractivity contribution < 1.29 is 17.9 Å². The normalized spacial score (nSPS) is 11.1. The highest BCUT2D eigenvalue weighted by atomic mass is 35.5. The maximum absolute atomic E-state index is 11.9. The fourth-order valence-corrected chi connectivity index (χ4v) is 2.89. The molecule has 20 heavy (non-hydrogen) atoms. The number of carbonyl (C=O) groups excluding carboxylic acids is 1. The quantitative estimate of drug-likeness (QED) is 0.508. The second kappa shape index (κ2) is 6.84. The van der Waals surface area contributed by atoms with E-state index in [1.807, 2.05) is 0 Å². The van der Waals surface area contributed by atoms with Crippen molar-refractivity contribution in [3.63, 3.8) is 0 Å². The second-order valence-electron chi connectivity index (χ2n) is 3.57. The van der Waals surface area contributed by atoms with Crippen molar-refractivity contribution in [2.75, 3.05) is 13.2 Å². The lowest BCUT2D eigenvalue weighted by Crippen LogP contribution is -2.29. The van der Waals surface area contributed by atoms with Gasteiger partial charge in [-0.3, -0.25) is 0 Å². The summed E-state index contributed by atoms with van der Waals surface area (Å²) in [6.07, 6.45) is -0.979. The number of benzene rings is 1. The number of hydrogen-bond donors (Lipinski definition) is 3. The summed E-state index contributed by atoms with van der Waals surface area (Å²) < 4.78 is 30.4. The lowest BCUT2D eigenvalue weighted by Gasteiger charge is -2.08. The van der Waals surface area contributed by atoms with Gasteiger partial charge in [-0.2, -0.15) is 0 Å². The van der Waals surface area contributed by atoms with E-state index >= 15 is 0 Å². The van der Waals surface area contributed by atoms with Gasteiger partial charge in [0.1, 0.15) is 11.6 Å². The van der Waals surface area contributed by atoms with Gasteiger partial charge in [0.05, 0.1) is 9.92 Å². The van der Waals surface area contributed by atoms with Crippen molar-refractivity contribution in [2.45, 2.75) is 4.90 Å². The van der Waals surface area contributed by atoms with E-state index in [1.54, 1.807) is 0 Å². The molecule has 1 aromatic rings. The summed E-state index contributed by atoms with van der Waals surface area (Å²) in [6.45, 7) is -0.285. The van der Waals surface area contributed by atoms with Gasteiger partial charge in [0.2, 0.25) is 10.0 Å². The molecule has 10 heteroatoms. The number of halogens is 1. The van der Waals surface area contributed by atoms with Crippen molar-refractivity contribution in [1.82, 2.24) is 4.72 Å². The van der Waals surface area contributed by atoms with Crippen LogP contribution in [0.4, 0.5) is 4.79 Å². The van der Waals surface area contributed by atoms with Crippen LogP contribution in [0, 0.1) is 0 Å². The topological polar surface area (TPSA) is 125 Å². The van der Waals surface area contributed by atoms with Gasteiger partial charge in [0.25, 0.3) is 0 Å². The summed E-state index contributed by atoms with van der Waals surface area (Å²) >= 11 is 10.7. The predicted octanol–water partition coefficient (Wildman–Crippen LogP) is 0.348. The Morgan fingerprint density at radius 3 is 2.55 bits per heavy atom. The van der Waals surface area contributed by atoms with Crippen molar-refractivity contribution in [2.24, 2.45) is 11.5 Å². The van der Waals surface area contributed by atoms with E-state index in [2.05, 4.69) is 9.46 Å². The van der Waals surface area contributed by atoms with Crippen LogP contribution in [0.3, 0.4) is 0 Å². The molecule has 0 aliphatic heterocycles. The Hall–Kier alpha value is -1.42. The molecule has 0 saturated heterocycles. The highest BCUT2D eigenvalue weighted by Crippen LogP contribution is 2.20. The molecular formula is C10H12ClN3O4S2. The molecule has 7 nitrogen and oxygen atoms in total. The minimum atomic E-state index is -3.77. The first-order valence-corrected chi connectivity index (χ1v) is 7.52. The number of primary amides is 1. The van der Waals surface area contributed by atoms with Gasteiger partial charge in [-0.05, 0) is 18.2 Å². The van der Waals surface area contributed by atoms with Crippen LogP contribution in [0.15, 0.2) is 23.1 Å². The van der Waals surface area contributed by atoms with Crippen LogP contribution < -0.4 is 16.2 Å². The molecule has 0 radical (unpaired) electrons. The maximum atomic E-state index is 11.9. The van der Waals surface area contributed by atoms with Crippen molar-refractivity contribution >= 4 is 44.9 Å². The number of thiocarbonyl (C=S) groups is 1. The van der Waals surface area contributed by atoms with Crippen LogP contribution in [-0.4, -0.2) is 32.7 Å². The van der Waals surface area contributed by atoms with Crippen LogP contribution in [0.25, 0.3) is 0 Å². The van der Waals surface area contributed by atoms with E-state index in [4.69, 9.17) is 35.3 Å². The number of amides is 1. The Morgan fingerprint density at radius 2 is 2.05 bits per heavy atom. The Kier molecular flexibility index (Phi) is 5.69. The molecule has 0 saturated carbocycles. The van der Waals surface area contributed by atoms with Gasteiger partial charge in [-0.15, -0.1) is 0 Å². The molecule has 1 amide bonds. The third-order valence-electron chi connectivity index (χ3n) is 2.15. The Morgan fingerprint density at radius 1 is 1.40 bits per heavy atom. The Labute approximate surface area is 126 Å². The lowest BCUT2D eigenvalue weighted by molar-refractivity contribution is 0.159. The third kappa shape index (κ3) is 4.60. The zero-order valence-electron chi connectivity index (χ0n) is 10.1. The van der Waals surface area contributed by atoms with Crippen LogP contribution in [0.2, 0.25) is 5.02 Å². The first-order valence-electron chi connectivity index (χ1n) is 5.25. The summed E-state index contributed by atoms with van der Waals surface area (Å²) in [6, 6.07) is 3.96. The summed E-state index contributed by atoms with van der Waals surface area (Å²) in [7, 11) is -3.77. The molecule has 0 aliphatic carbocycles. The van der Waals surface area contributed by atoms with Crippen LogP contribution >= 0.6 is 23.8 Å². The number of ether oxygens (including phenoxy) is 1. The first kappa shape index (κ1) is 16.6. The zero-order chi connectivity index (χ0) is 15.3. The van der Waals surface area contributed by atoms with E-state index in [-0.39, 0.29) is 28.1 Å².